The Morgan fingerprint density at radius 3 is 2.44 bits per heavy atom. The summed E-state index contributed by atoms with van der Waals surface area (Å²) in [5.41, 5.74) is 1.23. The fourth-order valence-electron chi connectivity index (χ4n) is 1.52. The predicted octanol–water partition coefficient (Wildman–Crippen LogP) is 2.26. The number of furan rings is 1. The van der Waals surface area contributed by atoms with E-state index in [-0.39, 0.29) is 0 Å². The number of rotatable bonds is 5. The van der Waals surface area contributed by atoms with Crippen molar-refractivity contribution in [3.8, 4) is 0 Å². The molecule has 0 saturated heterocycles. The lowest BCUT2D eigenvalue weighted by atomic mass is 10.2. The smallest absolute Gasteiger partial charge is 0.229 e. The van der Waals surface area contributed by atoms with E-state index in [0.29, 0.717) is 17.9 Å². The van der Waals surface area contributed by atoms with Crippen LogP contribution in [0.2, 0.25) is 0 Å². The van der Waals surface area contributed by atoms with Crippen LogP contribution >= 0.6 is 0 Å². The largest absolute Gasteiger partial charge is 0.467 e. The van der Waals surface area contributed by atoms with Gasteiger partial charge in [0.15, 0.2) is 0 Å². The van der Waals surface area contributed by atoms with Crippen molar-refractivity contribution in [3.63, 3.8) is 0 Å². The second-order valence-electron chi connectivity index (χ2n) is 3.85. The van der Waals surface area contributed by atoms with Crippen molar-refractivity contribution in [2.45, 2.75) is 6.54 Å². The molecule has 0 aliphatic heterocycles. The average Bonchev–Trinajstić information content (AvgIpc) is 2.79. The van der Waals surface area contributed by atoms with E-state index in [1.165, 1.54) is 0 Å². The van der Waals surface area contributed by atoms with Gasteiger partial charge >= 0.3 is 0 Å². The Bertz CT molecular complexity index is 606. The minimum Gasteiger partial charge on any atom is -0.467 e. The highest BCUT2D eigenvalue weighted by Crippen LogP contribution is 2.22. The van der Waals surface area contributed by atoms with E-state index in [1.54, 1.807) is 30.5 Å². The molecule has 2 aromatic rings. The van der Waals surface area contributed by atoms with Crippen LogP contribution in [0.25, 0.3) is 0 Å². The Labute approximate surface area is 106 Å². The third-order valence-electron chi connectivity index (χ3n) is 2.26. The molecule has 0 aliphatic carbocycles. The number of para-hydroxylation sites is 2. The number of hydrogen-bond acceptors (Lipinski definition) is 4. The molecule has 0 saturated carbocycles. The molecule has 0 amide bonds. The Kier molecular flexibility index (Phi) is 3.57. The first-order valence-corrected chi connectivity index (χ1v) is 7.27. The zero-order valence-corrected chi connectivity index (χ0v) is 10.7. The maximum atomic E-state index is 11.2. The van der Waals surface area contributed by atoms with E-state index in [2.05, 4.69) is 10.0 Å². The van der Waals surface area contributed by atoms with Crippen LogP contribution in [0.1, 0.15) is 5.76 Å². The molecular weight excluding hydrogens is 252 g/mol. The Morgan fingerprint density at radius 2 is 1.83 bits per heavy atom. The third-order valence-corrected chi connectivity index (χ3v) is 2.85. The molecule has 18 heavy (non-hydrogen) atoms. The monoisotopic (exact) mass is 266 g/mol. The van der Waals surface area contributed by atoms with E-state index in [4.69, 9.17) is 4.42 Å². The van der Waals surface area contributed by atoms with Gasteiger partial charge in [0, 0.05) is 0 Å². The van der Waals surface area contributed by atoms with Crippen LogP contribution in [0.3, 0.4) is 0 Å². The second kappa shape index (κ2) is 5.14. The van der Waals surface area contributed by atoms with Gasteiger partial charge in [-0.15, -0.1) is 0 Å². The van der Waals surface area contributed by atoms with Gasteiger partial charge < -0.3 is 9.73 Å². The molecule has 2 rings (SSSR count). The average molecular weight is 266 g/mol. The summed E-state index contributed by atoms with van der Waals surface area (Å²) in [5.74, 6) is 0.782. The third kappa shape index (κ3) is 3.53. The molecule has 1 aromatic carbocycles. The molecule has 0 unspecified atom stereocenters. The van der Waals surface area contributed by atoms with Crippen molar-refractivity contribution < 1.29 is 12.8 Å². The van der Waals surface area contributed by atoms with Gasteiger partial charge in [0.1, 0.15) is 5.76 Å². The summed E-state index contributed by atoms with van der Waals surface area (Å²) in [6.07, 6.45) is 2.72. The first-order valence-electron chi connectivity index (χ1n) is 5.38. The van der Waals surface area contributed by atoms with Crippen molar-refractivity contribution in [1.82, 2.24) is 0 Å². The number of hydrogen-bond donors (Lipinski definition) is 2. The van der Waals surface area contributed by atoms with Crippen LogP contribution in [0.4, 0.5) is 11.4 Å². The van der Waals surface area contributed by atoms with Gasteiger partial charge in [-0.05, 0) is 24.3 Å². The maximum Gasteiger partial charge on any atom is 0.229 e. The molecular formula is C12H14N2O3S. The summed E-state index contributed by atoms with van der Waals surface area (Å²) in [7, 11) is -3.29. The van der Waals surface area contributed by atoms with E-state index in [9.17, 15) is 8.42 Å². The van der Waals surface area contributed by atoms with Crippen molar-refractivity contribution >= 4 is 21.4 Å². The van der Waals surface area contributed by atoms with Gasteiger partial charge in [-0.25, -0.2) is 8.42 Å². The summed E-state index contributed by atoms with van der Waals surface area (Å²) in [5, 5.41) is 3.12. The fourth-order valence-corrected chi connectivity index (χ4v) is 2.10. The van der Waals surface area contributed by atoms with Gasteiger partial charge in [0.25, 0.3) is 0 Å². The van der Waals surface area contributed by atoms with Crippen molar-refractivity contribution in [3.05, 3.63) is 48.4 Å². The summed E-state index contributed by atoms with van der Waals surface area (Å²) >= 11 is 0. The zero-order chi connectivity index (χ0) is 13.0. The summed E-state index contributed by atoms with van der Waals surface area (Å²) in [6, 6.07) is 10.8. The lowest BCUT2D eigenvalue weighted by molar-refractivity contribution is 0.518. The highest BCUT2D eigenvalue weighted by molar-refractivity contribution is 7.92. The van der Waals surface area contributed by atoms with Gasteiger partial charge in [-0.2, -0.15) is 0 Å². The fraction of sp³-hybridized carbons (Fsp3) is 0.167. The lowest BCUT2D eigenvalue weighted by Gasteiger charge is -2.11. The van der Waals surface area contributed by atoms with E-state index < -0.39 is 10.0 Å². The number of benzene rings is 1. The second-order valence-corrected chi connectivity index (χ2v) is 5.60. The molecule has 0 fully saturated rings. The number of sulfonamides is 1. The minimum atomic E-state index is -3.29. The molecule has 0 aliphatic rings. The molecule has 1 heterocycles. The molecule has 96 valence electrons. The number of anilines is 2. The maximum absolute atomic E-state index is 11.2. The van der Waals surface area contributed by atoms with E-state index in [0.717, 1.165) is 12.0 Å². The van der Waals surface area contributed by atoms with E-state index >= 15 is 0 Å². The first kappa shape index (κ1) is 12.5. The van der Waals surface area contributed by atoms with Crippen LogP contribution < -0.4 is 10.0 Å². The molecule has 0 bridgehead atoms. The summed E-state index contributed by atoms with van der Waals surface area (Å²) in [6.45, 7) is 0.495. The van der Waals surface area contributed by atoms with Crippen LogP contribution in [-0.4, -0.2) is 14.7 Å². The molecule has 0 atom stereocenters. The predicted molar refractivity (Wildman–Crippen MR) is 70.9 cm³/mol. The topological polar surface area (TPSA) is 71.3 Å². The Hall–Kier alpha value is -1.95. The number of nitrogens with one attached hydrogen (secondary N) is 2. The van der Waals surface area contributed by atoms with Gasteiger partial charge in [0.05, 0.1) is 30.4 Å². The minimum absolute atomic E-state index is 0.495. The summed E-state index contributed by atoms with van der Waals surface area (Å²) in [4.78, 5) is 0. The van der Waals surface area contributed by atoms with Crippen molar-refractivity contribution in [2.24, 2.45) is 0 Å². The standard InChI is InChI=1S/C12H14N2O3S/c1-18(15,16)14-12-7-3-2-6-11(12)13-9-10-5-4-8-17-10/h2-8,13-14H,9H2,1H3. The highest BCUT2D eigenvalue weighted by Gasteiger charge is 2.06. The Balaban J connectivity index is 2.12. The van der Waals surface area contributed by atoms with Crippen molar-refractivity contribution in [2.75, 3.05) is 16.3 Å². The lowest BCUT2D eigenvalue weighted by Crippen LogP contribution is -2.11. The zero-order valence-electron chi connectivity index (χ0n) is 9.88. The SMILES string of the molecule is CS(=O)(=O)Nc1ccccc1NCc1ccco1. The normalized spacial score (nSPS) is 11.2. The summed E-state index contributed by atoms with van der Waals surface area (Å²) < 4.78 is 30.1. The van der Waals surface area contributed by atoms with Crippen LogP contribution in [0, 0.1) is 0 Å². The molecule has 5 nitrogen and oxygen atoms in total. The molecule has 0 radical (unpaired) electrons. The Morgan fingerprint density at radius 1 is 1.11 bits per heavy atom. The van der Waals surface area contributed by atoms with Gasteiger partial charge in [0.2, 0.25) is 10.0 Å². The molecule has 2 N–H and O–H groups in total. The van der Waals surface area contributed by atoms with Gasteiger partial charge in [-0.3, -0.25) is 4.72 Å². The molecule has 6 heteroatoms. The molecule has 0 spiro atoms. The van der Waals surface area contributed by atoms with Crippen molar-refractivity contribution in [1.29, 1.82) is 0 Å². The highest BCUT2D eigenvalue weighted by atomic mass is 32.2. The van der Waals surface area contributed by atoms with Crippen LogP contribution in [0.5, 0.6) is 0 Å². The van der Waals surface area contributed by atoms with E-state index in [1.807, 2.05) is 12.1 Å². The quantitative estimate of drug-likeness (QED) is 0.870. The molecule has 1 aromatic heterocycles. The van der Waals surface area contributed by atoms with Crippen LogP contribution in [-0.2, 0) is 16.6 Å². The first-order chi connectivity index (χ1) is 8.54. The van der Waals surface area contributed by atoms with Gasteiger partial charge in [-0.1, -0.05) is 12.1 Å². The van der Waals surface area contributed by atoms with Crippen LogP contribution in [0.15, 0.2) is 47.1 Å².